The molecular weight excluding hydrogens is 282 g/mol. The van der Waals surface area contributed by atoms with Crippen molar-refractivity contribution in [3.8, 4) is 5.88 Å². The molecule has 7 heteroatoms. The predicted octanol–water partition coefficient (Wildman–Crippen LogP) is 1.68. The lowest BCUT2D eigenvalue weighted by Crippen LogP contribution is -2.24. The van der Waals surface area contributed by atoms with Gasteiger partial charge in [0.25, 0.3) is 5.91 Å². The Morgan fingerprint density at radius 3 is 2.95 bits per heavy atom. The van der Waals surface area contributed by atoms with Gasteiger partial charge in [0.05, 0.1) is 18.8 Å². The van der Waals surface area contributed by atoms with E-state index in [1.807, 2.05) is 19.1 Å². The number of carbonyl (C=O) groups excluding carboxylic acids is 1. The first-order valence-corrected chi connectivity index (χ1v) is 6.93. The van der Waals surface area contributed by atoms with E-state index in [2.05, 4.69) is 25.5 Å². The van der Waals surface area contributed by atoms with Crippen LogP contribution in [-0.4, -0.2) is 32.7 Å². The molecular formula is C15H15N5O2. The first-order chi connectivity index (χ1) is 10.8. The van der Waals surface area contributed by atoms with Crippen molar-refractivity contribution in [1.82, 2.24) is 25.5 Å². The quantitative estimate of drug-likeness (QED) is 0.747. The van der Waals surface area contributed by atoms with E-state index in [0.29, 0.717) is 30.2 Å². The molecule has 3 aromatic heterocycles. The fraction of sp³-hybridized carbons (Fsp3) is 0.200. The molecule has 0 radical (unpaired) electrons. The van der Waals surface area contributed by atoms with Crippen LogP contribution in [0.3, 0.4) is 0 Å². The minimum absolute atomic E-state index is 0.247. The number of rotatable bonds is 5. The average molecular weight is 297 g/mol. The predicted molar refractivity (Wildman–Crippen MR) is 80.5 cm³/mol. The Balaban J connectivity index is 1.75. The fourth-order valence-corrected chi connectivity index (χ4v) is 2.12. The maximum absolute atomic E-state index is 12.3. The van der Waals surface area contributed by atoms with Crippen LogP contribution in [0.2, 0.25) is 0 Å². The molecule has 2 N–H and O–H groups in total. The van der Waals surface area contributed by atoms with Gasteiger partial charge in [0.2, 0.25) is 5.88 Å². The molecule has 0 spiro atoms. The van der Waals surface area contributed by atoms with Crippen LogP contribution in [0.25, 0.3) is 11.0 Å². The molecule has 7 nitrogen and oxygen atoms in total. The molecule has 0 aromatic carbocycles. The van der Waals surface area contributed by atoms with E-state index in [0.717, 1.165) is 11.1 Å². The maximum atomic E-state index is 12.3. The van der Waals surface area contributed by atoms with Crippen molar-refractivity contribution in [2.75, 3.05) is 6.61 Å². The second-order valence-corrected chi connectivity index (χ2v) is 4.55. The summed E-state index contributed by atoms with van der Waals surface area (Å²) in [5, 5.41) is 10.7. The highest BCUT2D eigenvalue weighted by Gasteiger charge is 2.14. The van der Waals surface area contributed by atoms with Crippen LogP contribution in [0.4, 0.5) is 0 Å². The Bertz CT molecular complexity index is 799. The van der Waals surface area contributed by atoms with Crippen LogP contribution in [0, 0.1) is 0 Å². The Morgan fingerprint density at radius 1 is 1.27 bits per heavy atom. The molecule has 3 rings (SSSR count). The zero-order valence-corrected chi connectivity index (χ0v) is 12.0. The molecule has 0 saturated carbocycles. The van der Waals surface area contributed by atoms with Gasteiger partial charge in [-0.2, -0.15) is 5.10 Å². The third kappa shape index (κ3) is 2.73. The Morgan fingerprint density at radius 2 is 2.09 bits per heavy atom. The summed E-state index contributed by atoms with van der Waals surface area (Å²) in [6.45, 7) is 2.62. The molecule has 112 valence electrons. The summed E-state index contributed by atoms with van der Waals surface area (Å²) < 4.78 is 5.36. The number of carbonyl (C=O) groups is 1. The van der Waals surface area contributed by atoms with Gasteiger partial charge in [-0.25, -0.2) is 9.97 Å². The minimum Gasteiger partial charge on any atom is -0.477 e. The molecule has 1 amide bonds. The van der Waals surface area contributed by atoms with E-state index in [9.17, 15) is 4.79 Å². The highest BCUT2D eigenvalue weighted by molar-refractivity contribution is 5.96. The van der Waals surface area contributed by atoms with Crippen molar-refractivity contribution in [3.05, 3.63) is 47.9 Å². The zero-order valence-electron chi connectivity index (χ0n) is 12.0. The second-order valence-electron chi connectivity index (χ2n) is 4.55. The lowest BCUT2D eigenvalue weighted by molar-refractivity contribution is 0.0946. The van der Waals surface area contributed by atoms with Gasteiger partial charge >= 0.3 is 0 Å². The summed E-state index contributed by atoms with van der Waals surface area (Å²) >= 11 is 0. The van der Waals surface area contributed by atoms with Crippen molar-refractivity contribution in [3.63, 3.8) is 0 Å². The standard InChI is InChI=1S/C15H15N5O2/c1-2-22-15-11(6-4-8-17-15)14(21)18-9-12-10-5-3-7-16-13(10)20-19-12/h3-8H,2,9H2,1H3,(H,18,21)(H,16,19,20). The molecule has 3 heterocycles. The number of nitrogens with zero attached hydrogens (tertiary/aromatic N) is 3. The van der Waals surface area contributed by atoms with Crippen LogP contribution in [0.1, 0.15) is 23.0 Å². The van der Waals surface area contributed by atoms with Gasteiger partial charge in [-0.15, -0.1) is 0 Å². The summed E-state index contributed by atoms with van der Waals surface area (Å²) in [4.78, 5) is 20.5. The zero-order chi connectivity index (χ0) is 15.4. The summed E-state index contributed by atoms with van der Waals surface area (Å²) in [7, 11) is 0. The molecule has 0 saturated heterocycles. The van der Waals surface area contributed by atoms with Crippen LogP contribution in [0.15, 0.2) is 36.7 Å². The fourth-order valence-electron chi connectivity index (χ4n) is 2.12. The number of aromatic amines is 1. The van der Waals surface area contributed by atoms with Gasteiger partial charge in [-0.05, 0) is 31.2 Å². The molecule has 0 atom stereocenters. The molecule has 0 aliphatic heterocycles. The third-order valence-corrected chi connectivity index (χ3v) is 3.13. The lowest BCUT2D eigenvalue weighted by atomic mass is 10.2. The minimum atomic E-state index is -0.247. The van der Waals surface area contributed by atoms with Gasteiger partial charge in [-0.3, -0.25) is 9.89 Å². The first-order valence-electron chi connectivity index (χ1n) is 6.93. The van der Waals surface area contributed by atoms with Gasteiger partial charge < -0.3 is 10.1 Å². The smallest absolute Gasteiger partial charge is 0.257 e. The number of amides is 1. The Labute approximate surface area is 126 Å². The van der Waals surface area contributed by atoms with Crippen molar-refractivity contribution in [1.29, 1.82) is 0 Å². The molecule has 3 aromatic rings. The van der Waals surface area contributed by atoms with Crippen molar-refractivity contribution in [2.45, 2.75) is 13.5 Å². The Hall–Kier alpha value is -2.96. The molecule has 0 aliphatic rings. The SMILES string of the molecule is CCOc1ncccc1C(=O)NCc1[nH]nc2ncccc12. The van der Waals surface area contributed by atoms with Gasteiger partial charge in [-0.1, -0.05) is 0 Å². The number of aromatic nitrogens is 4. The molecule has 0 aliphatic carbocycles. The lowest BCUT2D eigenvalue weighted by Gasteiger charge is -2.08. The number of fused-ring (bicyclic) bond motifs is 1. The maximum Gasteiger partial charge on any atom is 0.257 e. The highest BCUT2D eigenvalue weighted by atomic mass is 16.5. The number of hydrogen-bond donors (Lipinski definition) is 2. The molecule has 0 unspecified atom stereocenters. The normalized spacial score (nSPS) is 10.6. The summed E-state index contributed by atoms with van der Waals surface area (Å²) in [6, 6.07) is 7.12. The molecule has 22 heavy (non-hydrogen) atoms. The third-order valence-electron chi connectivity index (χ3n) is 3.13. The van der Waals surface area contributed by atoms with E-state index >= 15 is 0 Å². The summed E-state index contributed by atoms with van der Waals surface area (Å²) in [6.07, 6.45) is 3.27. The molecule has 0 bridgehead atoms. The van der Waals surface area contributed by atoms with E-state index in [1.54, 1.807) is 24.5 Å². The number of ether oxygens (including phenoxy) is 1. The van der Waals surface area contributed by atoms with E-state index in [-0.39, 0.29) is 5.91 Å². The van der Waals surface area contributed by atoms with Crippen LogP contribution in [0.5, 0.6) is 5.88 Å². The number of hydrogen-bond acceptors (Lipinski definition) is 5. The summed E-state index contributed by atoms with van der Waals surface area (Å²) in [5.74, 6) is 0.0850. The van der Waals surface area contributed by atoms with E-state index < -0.39 is 0 Å². The van der Waals surface area contributed by atoms with Crippen LogP contribution in [-0.2, 0) is 6.54 Å². The largest absolute Gasteiger partial charge is 0.477 e. The number of nitrogens with one attached hydrogen (secondary N) is 2. The Kier molecular flexibility index (Phi) is 3.95. The van der Waals surface area contributed by atoms with Crippen molar-refractivity contribution >= 4 is 16.9 Å². The monoisotopic (exact) mass is 297 g/mol. The number of pyridine rings is 2. The van der Waals surface area contributed by atoms with Gasteiger partial charge in [0, 0.05) is 17.8 Å². The number of H-pyrrole nitrogens is 1. The summed E-state index contributed by atoms with van der Waals surface area (Å²) in [5.41, 5.74) is 1.84. The van der Waals surface area contributed by atoms with Crippen molar-refractivity contribution in [2.24, 2.45) is 0 Å². The second kappa shape index (κ2) is 6.21. The topological polar surface area (TPSA) is 92.8 Å². The van der Waals surface area contributed by atoms with E-state index in [1.165, 1.54) is 0 Å². The van der Waals surface area contributed by atoms with E-state index in [4.69, 9.17) is 4.74 Å². The van der Waals surface area contributed by atoms with Crippen molar-refractivity contribution < 1.29 is 9.53 Å². The molecule has 0 fully saturated rings. The first kappa shape index (κ1) is 14.0. The average Bonchev–Trinajstić information content (AvgIpc) is 2.97. The van der Waals surface area contributed by atoms with Gasteiger partial charge in [0.15, 0.2) is 5.65 Å². The van der Waals surface area contributed by atoms with Gasteiger partial charge in [0.1, 0.15) is 5.56 Å². The van der Waals surface area contributed by atoms with Crippen LogP contribution >= 0.6 is 0 Å². The van der Waals surface area contributed by atoms with Crippen LogP contribution < -0.4 is 10.1 Å². The highest BCUT2D eigenvalue weighted by Crippen LogP contribution is 2.15.